The van der Waals surface area contributed by atoms with Crippen molar-refractivity contribution < 1.29 is 14.7 Å². The number of hydrogen-bond acceptors (Lipinski definition) is 4. The lowest BCUT2D eigenvalue weighted by Gasteiger charge is -2.09. The minimum atomic E-state index is -1.06. The average Bonchev–Trinajstić information content (AvgIpc) is 3.25. The second kappa shape index (κ2) is 8.51. The Hall–Kier alpha value is -3.19. The Morgan fingerprint density at radius 1 is 0.871 bits per heavy atom. The summed E-state index contributed by atoms with van der Waals surface area (Å²) in [5, 5.41) is 13.2. The van der Waals surface area contributed by atoms with Gasteiger partial charge in [0.05, 0.1) is 21.3 Å². The number of nitrogens with two attached hydrogens (primary N) is 1. The van der Waals surface area contributed by atoms with Crippen LogP contribution in [0.2, 0.25) is 10.0 Å². The van der Waals surface area contributed by atoms with Gasteiger partial charge in [0.1, 0.15) is 5.01 Å². The molecule has 4 aromatic rings. The number of nitrogens with zero attached hydrogens (tertiary/aromatic N) is 1. The van der Waals surface area contributed by atoms with Crippen LogP contribution in [0.25, 0.3) is 33.0 Å². The number of carbonyl (C=O) groups is 2. The van der Waals surface area contributed by atoms with Gasteiger partial charge in [0.25, 0.3) is 0 Å². The van der Waals surface area contributed by atoms with Crippen molar-refractivity contribution in [1.29, 1.82) is 0 Å². The van der Waals surface area contributed by atoms with Gasteiger partial charge in [0.15, 0.2) is 0 Å². The lowest BCUT2D eigenvalue weighted by atomic mass is 9.96. The number of carboxylic acid groups (broad SMARTS) is 1. The number of thiazole rings is 1. The summed E-state index contributed by atoms with van der Waals surface area (Å²) in [7, 11) is 0. The summed E-state index contributed by atoms with van der Waals surface area (Å²) >= 11 is 13.5. The van der Waals surface area contributed by atoms with Crippen LogP contribution in [-0.4, -0.2) is 22.0 Å². The van der Waals surface area contributed by atoms with Crippen LogP contribution in [0.5, 0.6) is 0 Å². The van der Waals surface area contributed by atoms with Crippen LogP contribution in [0.1, 0.15) is 20.7 Å². The van der Waals surface area contributed by atoms with E-state index in [2.05, 4.69) is 4.98 Å². The van der Waals surface area contributed by atoms with Gasteiger partial charge in [0, 0.05) is 22.1 Å². The minimum absolute atomic E-state index is 0.135. The van der Waals surface area contributed by atoms with Gasteiger partial charge in [-0.3, -0.25) is 4.79 Å². The van der Waals surface area contributed by atoms with Gasteiger partial charge in [-0.15, -0.1) is 11.3 Å². The van der Waals surface area contributed by atoms with E-state index in [1.165, 1.54) is 11.3 Å². The Balaban J connectivity index is 1.71. The predicted octanol–water partition coefficient (Wildman–Crippen LogP) is 6.25. The zero-order chi connectivity index (χ0) is 22.1. The van der Waals surface area contributed by atoms with E-state index in [-0.39, 0.29) is 5.56 Å². The Morgan fingerprint density at radius 3 is 2.19 bits per heavy atom. The second-order valence-corrected chi connectivity index (χ2v) is 8.35. The molecule has 3 N–H and O–H groups in total. The van der Waals surface area contributed by atoms with Crippen LogP contribution in [0, 0.1) is 0 Å². The van der Waals surface area contributed by atoms with Gasteiger partial charge in [0.2, 0.25) is 5.91 Å². The first-order valence-corrected chi connectivity index (χ1v) is 10.7. The first kappa shape index (κ1) is 21.1. The quantitative estimate of drug-likeness (QED) is 0.361. The van der Waals surface area contributed by atoms with Crippen LogP contribution in [0.15, 0.2) is 66.0 Å². The van der Waals surface area contributed by atoms with Crippen LogP contribution in [-0.2, 0) is 0 Å². The molecule has 0 aliphatic rings. The first-order valence-electron chi connectivity index (χ1n) is 9.02. The van der Waals surface area contributed by atoms with Crippen molar-refractivity contribution >= 4 is 46.4 Å². The van der Waals surface area contributed by atoms with Crippen molar-refractivity contribution in [3.63, 3.8) is 0 Å². The summed E-state index contributed by atoms with van der Waals surface area (Å²) in [6, 6.07) is 16.9. The molecule has 0 fully saturated rings. The van der Waals surface area contributed by atoms with Crippen molar-refractivity contribution in [2.45, 2.75) is 0 Å². The highest BCUT2D eigenvalue weighted by Gasteiger charge is 2.16. The number of benzene rings is 3. The van der Waals surface area contributed by atoms with Crippen molar-refractivity contribution in [1.82, 2.24) is 4.98 Å². The molecular formula is C23H14Cl2N2O3S. The number of rotatable bonds is 5. The molecule has 0 atom stereocenters. The van der Waals surface area contributed by atoms with Gasteiger partial charge >= 0.3 is 5.97 Å². The van der Waals surface area contributed by atoms with E-state index < -0.39 is 11.9 Å². The molecule has 0 spiro atoms. The number of aromatic nitrogens is 1. The maximum atomic E-state index is 11.9. The Labute approximate surface area is 191 Å². The third kappa shape index (κ3) is 4.32. The van der Waals surface area contributed by atoms with Crippen molar-refractivity contribution in [3.8, 4) is 33.0 Å². The van der Waals surface area contributed by atoms with Gasteiger partial charge in [-0.1, -0.05) is 53.5 Å². The highest BCUT2D eigenvalue weighted by molar-refractivity contribution is 7.13. The summed E-state index contributed by atoms with van der Waals surface area (Å²) in [6.07, 6.45) is 0. The summed E-state index contributed by atoms with van der Waals surface area (Å²) in [4.78, 5) is 27.8. The van der Waals surface area contributed by atoms with E-state index in [0.29, 0.717) is 37.3 Å². The number of aromatic carboxylic acids is 1. The number of carboxylic acids is 1. The lowest BCUT2D eigenvalue weighted by Crippen LogP contribution is -2.10. The number of amides is 1. The Morgan fingerprint density at radius 2 is 1.55 bits per heavy atom. The van der Waals surface area contributed by atoms with Crippen LogP contribution in [0.3, 0.4) is 0 Å². The van der Waals surface area contributed by atoms with E-state index in [1.54, 1.807) is 48.5 Å². The second-order valence-electron chi connectivity index (χ2n) is 6.67. The zero-order valence-electron chi connectivity index (χ0n) is 15.8. The number of halogens is 2. The van der Waals surface area contributed by atoms with Crippen LogP contribution in [0.4, 0.5) is 0 Å². The molecule has 0 aliphatic carbocycles. The molecule has 1 amide bonds. The molecule has 31 heavy (non-hydrogen) atoms. The third-order valence-electron chi connectivity index (χ3n) is 4.70. The summed E-state index contributed by atoms with van der Waals surface area (Å²) in [5.74, 6) is -1.60. The largest absolute Gasteiger partial charge is 0.478 e. The molecular weight excluding hydrogens is 455 g/mol. The number of hydrogen-bond donors (Lipinski definition) is 2. The highest BCUT2D eigenvalue weighted by Crippen LogP contribution is 2.34. The van der Waals surface area contributed by atoms with Crippen molar-refractivity contribution in [3.05, 3.63) is 87.2 Å². The van der Waals surface area contributed by atoms with Gasteiger partial charge < -0.3 is 10.8 Å². The highest BCUT2D eigenvalue weighted by atomic mass is 35.5. The normalized spacial score (nSPS) is 10.8. The number of primary amides is 1. The number of carbonyl (C=O) groups excluding carboxylic acids is 1. The fourth-order valence-electron chi connectivity index (χ4n) is 3.11. The van der Waals surface area contributed by atoms with E-state index in [9.17, 15) is 14.7 Å². The molecule has 0 aliphatic heterocycles. The van der Waals surface area contributed by atoms with Crippen molar-refractivity contribution in [2.24, 2.45) is 5.73 Å². The zero-order valence-corrected chi connectivity index (χ0v) is 18.1. The standard InChI is InChI=1S/C23H14Cl2N2O3S/c24-18-8-6-14(10-19(18)25)20-11-31-22(27-20)15-5-7-16(17(9-15)23(29)30)12-1-3-13(4-2-12)21(26)28/h1-11H,(H2,26,28)(H,29,30). The smallest absolute Gasteiger partial charge is 0.336 e. The molecule has 3 aromatic carbocycles. The molecule has 0 saturated heterocycles. The molecule has 5 nitrogen and oxygen atoms in total. The minimum Gasteiger partial charge on any atom is -0.478 e. The topological polar surface area (TPSA) is 93.3 Å². The van der Waals surface area contributed by atoms with Gasteiger partial charge in [-0.05, 0) is 41.5 Å². The molecule has 1 aromatic heterocycles. The lowest BCUT2D eigenvalue weighted by molar-refractivity contribution is 0.0697. The third-order valence-corrected chi connectivity index (χ3v) is 6.33. The molecule has 0 radical (unpaired) electrons. The maximum absolute atomic E-state index is 11.9. The van der Waals surface area contributed by atoms with E-state index in [4.69, 9.17) is 28.9 Å². The SMILES string of the molecule is NC(=O)c1ccc(-c2ccc(-c3nc(-c4ccc(Cl)c(Cl)c4)cs3)cc2C(=O)O)cc1. The summed E-state index contributed by atoms with van der Waals surface area (Å²) in [6.45, 7) is 0. The predicted molar refractivity (Wildman–Crippen MR) is 124 cm³/mol. The Kier molecular flexibility index (Phi) is 5.78. The molecule has 8 heteroatoms. The molecule has 154 valence electrons. The molecule has 0 bridgehead atoms. The molecule has 4 rings (SSSR count). The summed E-state index contributed by atoms with van der Waals surface area (Å²) in [5.41, 5.74) is 9.20. The fourth-order valence-corrected chi connectivity index (χ4v) is 4.24. The monoisotopic (exact) mass is 468 g/mol. The van der Waals surface area contributed by atoms with Crippen LogP contribution >= 0.6 is 34.5 Å². The maximum Gasteiger partial charge on any atom is 0.336 e. The molecule has 1 heterocycles. The van der Waals surface area contributed by atoms with E-state index in [0.717, 1.165) is 11.3 Å². The van der Waals surface area contributed by atoms with E-state index in [1.807, 2.05) is 17.5 Å². The van der Waals surface area contributed by atoms with Crippen LogP contribution < -0.4 is 5.73 Å². The van der Waals surface area contributed by atoms with Crippen molar-refractivity contribution in [2.75, 3.05) is 0 Å². The summed E-state index contributed by atoms with van der Waals surface area (Å²) < 4.78 is 0. The van der Waals surface area contributed by atoms with Gasteiger partial charge in [-0.2, -0.15) is 0 Å². The fraction of sp³-hybridized carbons (Fsp3) is 0. The van der Waals surface area contributed by atoms with E-state index >= 15 is 0 Å². The molecule has 0 unspecified atom stereocenters. The van der Waals surface area contributed by atoms with Gasteiger partial charge in [-0.25, -0.2) is 9.78 Å². The Bertz CT molecular complexity index is 1320. The average molecular weight is 469 g/mol. The molecule has 0 saturated carbocycles. The first-order chi connectivity index (χ1) is 14.8.